The Kier molecular flexibility index (Phi) is 9.08. The minimum atomic E-state index is -0.502. The van der Waals surface area contributed by atoms with Crippen LogP contribution >= 0.6 is 0 Å². The van der Waals surface area contributed by atoms with Crippen molar-refractivity contribution in [3.05, 3.63) is 35.9 Å². The Labute approximate surface area is 145 Å². The molecule has 2 N–H and O–H groups in total. The summed E-state index contributed by atoms with van der Waals surface area (Å²) in [5, 5.41) is 5.80. The highest BCUT2D eigenvalue weighted by Crippen LogP contribution is 2.04. The van der Waals surface area contributed by atoms with Crippen molar-refractivity contribution < 1.29 is 9.59 Å². The number of nitrogens with one attached hydrogen (secondary N) is 2. The van der Waals surface area contributed by atoms with E-state index in [4.69, 9.17) is 0 Å². The van der Waals surface area contributed by atoms with Crippen molar-refractivity contribution in [2.24, 2.45) is 5.92 Å². The molecule has 5 heteroatoms. The second-order valence-corrected chi connectivity index (χ2v) is 6.27. The first-order valence-electron chi connectivity index (χ1n) is 8.81. The Morgan fingerprint density at radius 1 is 1.08 bits per heavy atom. The first kappa shape index (κ1) is 20.2. The Hall–Kier alpha value is -1.88. The highest BCUT2D eigenvalue weighted by Gasteiger charge is 2.23. The maximum Gasteiger partial charge on any atom is 0.242 e. The van der Waals surface area contributed by atoms with Crippen LogP contribution in [0.15, 0.2) is 30.3 Å². The van der Waals surface area contributed by atoms with Crippen LogP contribution < -0.4 is 10.6 Å². The summed E-state index contributed by atoms with van der Waals surface area (Å²) in [4.78, 5) is 26.8. The average Bonchev–Trinajstić information content (AvgIpc) is 2.57. The van der Waals surface area contributed by atoms with Crippen molar-refractivity contribution in [2.45, 2.75) is 40.2 Å². The van der Waals surface area contributed by atoms with Crippen LogP contribution in [-0.2, 0) is 16.0 Å². The highest BCUT2D eigenvalue weighted by molar-refractivity contribution is 5.88. The quantitative estimate of drug-likeness (QED) is 0.687. The number of benzene rings is 1. The van der Waals surface area contributed by atoms with E-state index in [1.165, 1.54) is 0 Å². The fourth-order valence-electron chi connectivity index (χ4n) is 2.53. The third kappa shape index (κ3) is 7.13. The summed E-state index contributed by atoms with van der Waals surface area (Å²) in [5.74, 6) is -0.199. The van der Waals surface area contributed by atoms with Gasteiger partial charge in [-0.1, -0.05) is 58.0 Å². The molecular weight excluding hydrogens is 302 g/mol. The van der Waals surface area contributed by atoms with Gasteiger partial charge in [-0.2, -0.15) is 0 Å². The van der Waals surface area contributed by atoms with Gasteiger partial charge in [-0.05, 0) is 24.6 Å². The summed E-state index contributed by atoms with van der Waals surface area (Å²) in [6.07, 6.45) is 0.288. The molecule has 0 spiro atoms. The molecule has 0 aliphatic carbocycles. The lowest BCUT2D eigenvalue weighted by Gasteiger charge is -2.23. The van der Waals surface area contributed by atoms with Gasteiger partial charge in [0.2, 0.25) is 11.8 Å². The number of rotatable bonds is 10. The molecule has 1 aromatic rings. The zero-order valence-corrected chi connectivity index (χ0v) is 15.3. The third-order valence-corrected chi connectivity index (χ3v) is 4.09. The lowest BCUT2D eigenvalue weighted by atomic mass is 10.0. The smallest absolute Gasteiger partial charge is 0.242 e. The van der Waals surface area contributed by atoms with E-state index in [-0.39, 0.29) is 24.2 Å². The fourth-order valence-corrected chi connectivity index (χ4v) is 2.53. The van der Waals surface area contributed by atoms with E-state index in [2.05, 4.69) is 29.4 Å². The Morgan fingerprint density at radius 3 is 2.25 bits per heavy atom. The standard InChI is InChI=1S/C19H31N3O2/c1-5-22(6-2)13-12-20-19(24)18(15(3)4)21-17(23)14-16-10-8-7-9-11-16/h7-11,15,18H,5-6,12-14H2,1-4H3,(H,20,24)(H,21,23). The maximum atomic E-state index is 12.4. The second-order valence-electron chi connectivity index (χ2n) is 6.27. The molecule has 24 heavy (non-hydrogen) atoms. The molecule has 0 saturated carbocycles. The number of carbonyl (C=O) groups excluding carboxylic acids is 2. The van der Waals surface area contributed by atoms with Gasteiger partial charge in [0.25, 0.3) is 0 Å². The number of nitrogens with zero attached hydrogens (tertiary/aromatic N) is 1. The molecule has 1 unspecified atom stereocenters. The zero-order chi connectivity index (χ0) is 17.9. The van der Waals surface area contributed by atoms with Crippen LogP contribution in [0.2, 0.25) is 0 Å². The first-order chi connectivity index (χ1) is 11.5. The number of carbonyl (C=O) groups is 2. The molecule has 2 amide bonds. The Morgan fingerprint density at radius 2 is 1.71 bits per heavy atom. The molecule has 1 rings (SSSR count). The molecule has 5 nitrogen and oxygen atoms in total. The van der Waals surface area contributed by atoms with Crippen LogP contribution in [0.1, 0.15) is 33.3 Å². The van der Waals surface area contributed by atoms with Crippen molar-refractivity contribution >= 4 is 11.8 Å². The van der Waals surface area contributed by atoms with Crippen LogP contribution in [0, 0.1) is 5.92 Å². The summed E-state index contributed by atoms with van der Waals surface area (Å²) in [7, 11) is 0. The Bertz CT molecular complexity index is 499. The number of likely N-dealkylation sites (N-methyl/N-ethyl adjacent to an activating group) is 1. The molecule has 134 valence electrons. The molecule has 0 radical (unpaired) electrons. The lowest BCUT2D eigenvalue weighted by molar-refractivity contribution is -0.129. The van der Waals surface area contributed by atoms with Gasteiger partial charge in [0, 0.05) is 13.1 Å². The summed E-state index contributed by atoms with van der Waals surface area (Å²) in [5.41, 5.74) is 0.944. The van der Waals surface area contributed by atoms with Crippen molar-refractivity contribution in [1.82, 2.24) is 15.5 Å². The highest BCUT2D eigenvalue weighted by atomic mass is 16.2. The summed E-state index contributed by atoms with van der Waals surface area (Å²) in [6, 6.07) is 9.05. The minimum Gasteiger partial charge on any atom is -0.353 e. The van der Waals surface area contributed by atoms with Gasteiger partial charge in [0.15, 0.2) is 0 Å². The molecule has 0 heterocycles. The molecular formula is C19H31N3O2. The molecule has 1 atom stereocenters. The van der Waals surface area contributed by atoms with Gasteiger partial charge in [0.05, 0.1) is 6.42 Å². The van der Waals surface area contributed by atoms with Crippen LogP contribution in [0.5, 0.6) is 0 Å². The molecule has 0 aromatic heterocycles. The Balaban J connectivity index is 2.50. The summed E-state index contributed by atoms with van der Waals surface area (Å²) >= 11 is 0. The van der Waals surface area contributed by atoms with Crippen LogP contribution in [-0.4, -0.2) is 48.9 Å². The summed E-state index contributed by atoms with van der Waals surface area (Å²) in [6.45, 7) is 11.4. The van der Waals surface area contributed by atoms with Crippen LogP contribution in [0.3, 0.4) is 0 Å². The lowest BCUT2D eigenvalue weighted by Crippen LogP contribution is -2.51. The largest absolute Gasteiger partial charge is 0.353 e. The molecule has 0 aliphatic heterocycles. The van der Waals surface area contributed by atoms with Gasteiger partial charge in [-0.15, -0.1) is 0 Å². The van der Waals surface area contributed by atoms with E-state index in [0.29, 0.717) is 6.54 Å². The third-order valence-electron chi connectivity index (χ3n) is 4.09. The molecule has 0 fully saturated rings. The number of hydrogen-bond donors (Lipinski definition) is 2. The van der Waals surface area contributed by atoms with Crippen molar-refractivity contribution in [3.63, 3.8) is 0 Å². The predicted molar refractivity (Wildman–Crippen MR) is 97.7 cm³/mol. The molecule has 0 aliphatic rings. The first-order valence-corrected chi connectivity index (χ1v) is 8.81. The van der Waals surface area contributed by atoms with Gasteiger partial charge >= 0.3 is 0 Å². The average molecular weight is 333 g/mol. The van der Waals surface area contributed by atoms with Crippen molar-refractivity contribution in [2.75, 3.05) is 26.2 Å². The van der Waals surface area contributed by atoms with Gasteiger partial charge in [-0.3, -0.25) is 9.59 Å². The van der Waals surface area contributed by atoms with Gasteiger partial charge in [0.1, 0.15) is 6.04 Å². The van der Waals surface area contributed by atoms with Gasteiger partial charge < -0.3 is 15.5 Å². The van der Waals surface area contributed by atoms with Crippen molar-refractivity contribution in [1.29, 1.82) is 0 Å². The maximum absolute atomic E-state index is 12.4. The molecule has 0 bridgehead atoms. The summed E-state index contributed by atoms with van der Waals surface area (Å²) < 4.78 is 0. The van der Waals surface area contributed by atoms with Gasteiger partial charge in [-0.25, -0.2) is 0 Å². The molecule has 1 aromatic carbocycles. The topological polar surface area (TPSA) is 61.4 Å². The van der Waals surface area contributed by atoms with Crippen LogP contribution in [0.4, 0.5) is 0 Å². The van der Waals surface area contributed by atoms with E-state index in [1.54, 1.807) is 0 Å². The van der Waals surface area contributed by atoms with Crippen molar-refractivity contribution in [3.8, 4) is 0 Å². The van der Waals surface area contributed by atoms with E-state index in [1.807, 2.05) is 44.2 Å². The zero-order valence-electron chi connectivity index (χ0n) is 15.3. The van der Waals surface area contributed by atoms with E-state index in [0.717, 1.165) is 25.2 Å². The second kappa shape index (κ2) is 10.8. The normalized spacial score (nSPS) is 12.2. The number of hydrogen-bond acceptors (Lipinski definition) is 3. The van der Waals surface area contributed by atoms with E-state index in [9.17, 15) is 9.59 Å². The molecule has 0 saturated heterocycles. The predicted octanol–water partition coefficient (Wildman–Crippen LogP) is 1.83. The van der Waals surface area contributed by atoms with E-state index >= 15 is 0 Å². The van der Waals surface area contributed by atoms with Crippen LogP contribution in [0.25, 0.3) is 0 Å². The number of amides is 2. The minimum absolute atomic E-state index is 0.0400. The fraction of sp³-hybridized carbons (Fsp3) is 0.579. The SMILES string of the molecule is CCN(CC)CCNC(=O)C(NC(=O)Cc1ccccc1)C(C)C. The van der Waals surface area contributed by atoms with E-state index < -0.39 is 6.04 Å². The monoisotopic (exact) mass is 333 g/mol.